The van der Waals surface area contributed by atoms with Gasteiger partial charge in [-0.2, -0.15) is 18.3 Å². The molecule has 0 aliphatic rings. The Bertz CT molecular complexity index is 634. The summed E-state index contributed by atoms with van der Waals surface area (Å²) in [6.07, 6.45) is -4.60. The third kappa shape index (κ3) is 2.72. The van der Waals surface area contributed by atoms with Crippen LogP contribution in [-0.4, -0.2) is 21.3 Å². The van der Waals surface area contributed by atoms with E-state index in [0.29, 0.717) is 6.07 Å². The quantitative estimate of drug-likeness (QED) is 0.827. The lowest BCUT2D eigenvalue weighted by molar-refractivity contribution is -0.141. The Morgan fingerprint density at radius 2 is 1.89 bits per heavy atom. The fraction of sp³-hybridized carbons (Fsp3) is 0.0909. The highest BCUT2D eigenvalue weighted by Gasteiger charge is 2.33. The average Bonchev–Trinajstić information content (AvgIpc) is 2.76. The van der Waals surface area contributed by atoms with Crippen LogP contribution in [0.5, 0.6) is 0 Å². The second kappa shape index (κ2) is 4.38. The number of aromatic carboxylic acids is 1. The Morgan fingerprint density at radius 1 is 1.21 bits per heavy atom. The standard InChI is InChI=1S/C11H6F4N2O2/c12-7-2-5(1-6(3-7)10(18)19)8-4-9(17-16-8)11(13,14)15/h1-4H,(H,16,17)(H,18,19). The molecule has 1 aromatic heterocycles. The molecule has 0 radical (unpaired) electrons. The molecule has 19 heavy (non-hydrogen) atoms. The van der Waals surface area contributed by atoms with Crippen LogP contribution < -0.4 is 0 Å². The molecule has 0 aliphatic heterocycles. The van der Waals surface area contributed by atoms with Crippen molar-refractivity contribution in [3.8, 4) is 11.3 Å². The number of halogens is 4. The van der Waals surface area contributed by atoms with Gasteiger partial charge in [-0.05, 0) is 24.3 Å². The first-order valence-corrected chi connectivity index (χ1v) is 4.94. The molecule has 2 N–H and O–H groups in total. The molecule has 0 spiro atoms. The zero-order chi connectivity index (χ0) is 14.2. The Hall–Kier alpha value is -2.38. The summed E-state index contributed by atoms with van der Waals surface area (Å²) < 4.78 is 50.3. The highest BCUT2D eigenvalue weighted by atomic mass is 19.4. The first-order valence-electron chi connectivity index (χ1n) is 4.94. The third-order valence-electron chi connectivity index (χ3n) is 2.32. The molecule has 1 aromatic carbocycles. The van der Waals surface area contributed by atoms with Crippen LogP contribution in [0.1, 0.15) is 16.1 Å². The predicted molar refractivity (Wildman–Crippen MR) is 55.9 cm³/mol. The number of aromatic amines is 1. The molecule has 100 valence electrons. The minimum atomic E-state index is -4.60. The summed E-state index contributed by atoms with van der Waals surface area (Å²) in [7, 11) is 0. The second-order valence-corrected chi connectivity index (χ2v) is 3.70. The number of carboxylic acid groups (broad SMARTS) is 1. The fourth-order valence-corrected chi connectivity index (χ4v) is 1.48. The number of benzene rings is 1. The van der Waals surface area contributed by atoms with E-state index in [-0.39, 0.29) is 16.8 Å². The number of nitrogens with one attached hydrogen (secondary N) is 1. The Labute approximate surface area is 103 Å². The minimum absolute atomic E-state index is 0.0517. The maximum atomic E-state index is 13.2. The van der Waals surface area contributed by atoms with E-state index in [1.807, 2.05) is 0 Å². The third-order valence-corrected chi connectivity index (χ3v) is 2.32. The van der Waals surface area contributed by atoms with E-state index in [1.54, 1.807) is 5.10 Å². The van der Waals surface area contributed by atoms with Crippen LogP contribution in [0.15, 0.2) is 24.3 Å². The Kier molecular flexibility index (Phi) is 3.01. The van der Waals surface area contributed by atoms with Gasteiger partial charge in [0.2, 0.25) is 0 Å². The second-order valence-electron chi connectivity index (χ2n) is 3.70. The van der Waals surface area contributed by atoms with E-state index in [0.717, 1.165) is 18.2 Å². The summed E-state index contributed by atoms with van der Waals surface area (Å²) in [5, 5.41) is 13.9. The number of aromatic nitrogens is 2. The largest absolute Gasteiger partial charge is 0.478 e. The van der Waals surface area contributed by atoms with Crippen LogP contribution in [0.3, 0.4) is 0 Å². The normalized spacial score (nSPS) is 11.6. The summed E-state index contributed by atoms with van der Waals surface area (Å²) >= 11 is 0. The van der Waals surface area contributed by atoms with Crippen molar-refractivity contribution < 1.29 is 27.5 Å². The van der Waals surface area contributed by atoms with Gasteiger partial charge in [-0.15, -0.1) is 0 Å². The Morgan fingerprint density at radius 3 is 2.42 bits per heavy atom. The highest BCUT2D eigenvalue weighted by Crippen LogP contribution is 2.30. The van der Waals surface area contributed by atoms with Crippen LogP contribution in [0.2, 0.25) is 0 Å². The minimum Gasteiger partial charge on any atom is -0.478 e. The highest BCUT2D eigenvalue weighted by molar-refractivity contribution is 5.89. The van der Waals surface area contributed by atoms with Gasteiger partial charge in [0, 0.05) is 5.56 Å². The van der Waals surface area contributed by atoms with Crippen molar-refractivity contribution in [2.45, 2.75) is 6.18 Å². The lowest BCUT2D eigenvalue weighted by Gasteiger charge is -2.01. The number of H-pyrrole nitrogens is 1. The molecule has 0 aliphatic carbocycles. The van der Waals surface area contributed by atoms with Gasteiger partial charge in [-0.25, -0.2) is 9.18 Å². The van der Waals surface area contributed by atoms with Gasteiger partial charge >= 0.3 is 12.1 Å². The van der Waals surface area contributed by atoms with Crippen LogP contribution >= 0.6 is 0 Å². The molecule has 0 unspecified atom stereocenters. The lowest BCUT2D eigenvalue weighted by Crippen LogP contribution is -2.04. The van der Waals surface area contributed by atoms with Crippen molar-refractivity contribution in [1.29, 1.82) is 0 Å². The van der Waals surface area contributed by atoms with Crippen molar-refractivity contribution in [3.05, 3.63) is 41.3 Å². The van der Waals surface area contributed by atoms with E-state index in [1.165, 1.54) is 0 Å². The van der Waals surface area contributed by atoms with E-state index in [4.69, 9.17) is 5.11 Å². The van der Waals surface area contributed by atoms with Crippen molar-refractivity contribution in [3.63, 3.8) is 0 Å². The molecule has 1 heterocycles. The van der Waals surface area contributed by atoms with Crippen molar-refractivity contribution >= 4 is 5.97 Å². The number of rotatable bonds is 2. The van der Waals surface area contributed by atoms with Crippen LogP contribution in [0.25, 0.3) is 11.3 Å². The first-order chi connectivity index (χ1) is 8.77. The van der Waals surface area contributed by atoms with Crippen LogP contribution in [-0.2, 0) is 6.18 Å². The Balaban J connectivity index is 2.47. The molecule has 0 atom stereocenters. The number of carbonyl (C=O) groups is 1. The molecule has 8 heteroatoms. The van der Waals surface area contributed by atoms with Gasteiger partial charge in [0.25, 0.3) is 0 Å². The summed E-state index contributed by atoms with van der Waals surface area (Å²) in [5.41, 5.74) is -1.70. The molecule has 0 amide bonds. The predicted octanol–water partition coefficient (Wildman–Crippen LogP) is 2.93. The number of carboxylic acids is 1. The molecule has 0 saturated heterocycles. The maximum Gasteiger partial charge on any atom is 0.432 e. The summed E-state index contributed by atoms with van der Waals surface area (Å²) in [5.74, 6) is -2.25. The van der Waals surface area contributed by atoms with E-state index >= 15 is 0 Å². The fourth-order valence-electron chi connectivity index (χ4n) is 1.48. The smallest absolute Gasteiger partial charge is 0.432 e. The SMILES string of the molecule is O=C(O)c1cc(F)cc(-c2cc(C(F)(F)F)[nH]n2)c1. The number of hydrogen-bond acceptors (Lipinski definition) is 2. The zero-order valence-corrected chi connectivity index (χ0v) is 9.12. The average molecular weight is 274 g/mol. The molecule has 0 saturated carbocycles. The summed E-state index contributed by atoms with van der Waals surface area (Å²) in [4.78, 5) is 10.7. The zero-order valence-electron chi connectivity index (χ0n) is 9.12. The number of hydrogen-bond donors (Lipinski definition) is 2. The van der Waals surface area contributed by atoms with E-state index in [9.17, 15) is 22.4 Å². The molecule has 2 rings (SSSR count). The van der Waals surface area contributed by atoms with Gasteiger partial charge < -0.3 is 5.11 Å². The number of alkyl halides is 3. The molecular weight excluding hydrogens is 268 g/mol. The van der Waals surface area contributed by atoms with Gasteiger partial charge in [0.05, 0.1) is 11.3 Å². The van der Waals surface area contributed by atoms with E-state index in [2.05, 4.69) is 5.10 Å². The monoisotopic (exact) mass is 274 g/mol. The lowest BCUT2D eigenvalue weighted by atomic mass is 10.1. The molecular formula is C11H6F4N2O2. The molecule has 0 bridgehead atoms. The maximum absolute atomic E-state index is 13.2. The van der Waals surface area contributed by atoms with Crippen molar-refractivity contribution in [1.82, 2.24) is 10.2 Å². The topological polar surface area (TPSA) is 66.0 Å². The van der Waals surface area contributed by atoms with Gasteiger partial charge in [0.15, 0.2) is 0 Å². The number of nitrogens with zero attached hydrogens (tertiary/aromatic N) is 1. The van der Waals surface area contributed by atoms with Crippen molar-refractivity contribution in [2.24, 2.45) is 0 Å². The van der Waals surface area contributed by atoms with Gasteiger partial charge in [0.1, 0.15) is 11.5 Å². The van der Waals surface area contributed by atoms with Gasteiger partial charge in [-0.1, -0.05) is 0 Å². The molecule has 4 nitrogen and oxygen atoms in total. The molecule has 0 fully saturated rings. The van der Waals surface area contributed by atoms with Gasteiger partial charge in [-0.3, -0.25) is 5.10 Å². The first kappa shape index (κ1) is 13.1. The van der Waals surface area contributed by atoms with Crippen LogP contribution in [0.4, 0.5) is 17.6 Å². The molecule has 2 aromatic rings. The summed E-state index contributed by atoms with van der Waals surface area (Å²) in [6.45, 7) is 0. The summed E-state index contributed by atoms with van der Waals surface area (Å²) in [6, 6.07) is 3.40. The van der Waals surface area contributed by atoms with Crippen molar-refractivity contribution in [2.75, 3.05) is 0 Å². The van der Waals surface area contributed by atoms with Crippen LogP contribution in [0, 0.1) is 5.82 Å². The van der Waals surface area contributed by atoms with E-state index < -0.39 is 23.7 Å².